The van der Waals surface area contributed by atoms with Gasteiger partial charge in [-0.05, 0) is 62.4 Å². The van der Waals surface area contributed by atoms with Gasteiger partial charge in [-0.1, -0.05) is 23.7 Å². The van der Waals surface area contributed by atoms with Crippen LogP contribution >= 0.6 is 11.6 Å². The van der Waals surface area contributed by atoms with Crippen LogP contribution in [-0.4, -0.2) is 43.6 Å². The lowest BCUT2D eigenvalue weighted by Crippen LogP contribution is -2.45. The van der Waals surface area contributed by atoms with Crippen LogP contribution in [0.25, 0.3) is 0 Å². The third-order valence-corrected chi connectivity index (χ3v) is 4.45. The van der Waals surface area contributed by atoms with E-state index in [0.717, 1.165) is 11.3 Å². The van der Waals surface area contributed by atoms with Gasteiger partial charge in [0.05, 0.1) is 6.04 Å². The number of rotatable bonds is 9. The zero-order valence-electron chi connectivity index (χ0n) is 15.0. The maximum Gasteiger partial charge on any atom is 0.237 e. The third-order valence-electron chi connectivity index (χ3n) is 4.19. The van der Waals surface area contributed by atoms with Gasteiger partial charge in [-0.15, -0.1) is 0 Å². The summed E-state index contributed by atoms with van der Waals surface area (Å²) in [4.78, 5) is 14.2. The quantitative estimate of drug-likeness (QED) is 0.725. The van der Waals surface area contributed by atoms with Crippen LogP contribution in [0.4, 0.5) is 4.39 Å². The second-order valence-electron chi connectivity index (χ2n) is 6.13. The van der Waals surface area contributed by atoms with E-state index in [1.54, 1.807) is 24.3 Å². The number of carbonyl (C=O) groups is 1. The smallest absolute Gasteiger partial charge is 0.237 e. The monoisotopic (exact) mass is 378 g/mol. The number of amides is 1. The van der Waals surface area contributed by atoms with Crippen molar-refractivity contribution in [2.75, 3.05) is 26.7 Å². The molecule has 0 saturated heterocycles. The van der Waals surface area contributed by atoms with E-state index in [1.165, 1.54) is 12.1 Å². The first-order valence-corrected chi connectivity index (χ1v) is 8.94. The van der Waals surface area contributed by atoms with Crippen LogP contribution in [0.3, 0.4) is 0 Å². The molecule has 1 atom stereocenters. The largest absolute Gasteiger partial charge is 0.492 e. The molecule has 0 aliphatic carbocycles. The van der Waals surface area contributed by atoms with Gasteiger partial charge in [-0.2, -0.15) is 0 Å². The van der Waals surface area contributed by atoms with Gasteiger partial charge in [0.1, 0.15) is 18.2 Å². The van der Waals surface area contributed by atoms with E-state index in [2.05, 4.69) is 5.32 Å². The summed E-state index contributed by atoms with van der Waals surface area (Å²) in [6.07, 6.45) is 0.669. The lowest BCUT2D eigenvalue weighted by atomic mass is 10.1. The van der Waals surface area contributed by atoms with Gasteiger partial charge >= 0.3 is 0 Å². The predicted octanol–water partition coefficient (Wildman–Crippen LogP) is 3.54. The standard InChI is InChI=1S/C20H24ClFN2O2/c1-15(20(25)23-12-11-16-3-7-18(22)8-4-16)24(2)13-14-26-19-9-5-17(21)6-10-19/h3-10,15H,11-14H2,1-2H3,(H,23,25). The number of hydrogen-bond acceptors (Lipinski definition) is 3. The van der Waals surface area contributed by atoms with Gasteiger partial charge in [0.2, 0.25) is 5.91 Å². The van der Waals surface area contributed by atoms with Crippen LogP contribution in [0, 0.1) is 5.82 Å². The lowest BCUT2D eigenvalue weighted by molar-refractivity contribution is -0.125. The molecule has 0 fully saturated rings. The average molecular weight is 379 g/mol. The molecule has 2 rings (SSSR count). The molecule has 2 aromatic rings. The number of carbonyl (C=O) groups excluding carboxylic acids is 1. The summed E-state index contributed by atoms with van der Waals surface area (Å²) in [6, 6.07) is 13.2. The molecule has 0 aliphatic rings. The highest BCUT2D eigenvalue weighted by molar-refractivity contribution is 6.30. The second-order valence-corrected chi connectivity index (χ2v) is 6.56. The topological polar surface area (TPSA) is 41.6 Å². The van der Waals surface area contributed by atoms with E-state index in [0.29, 0.717) is 31.1 Å². The minimum absolute atomic E-state index is 0.0406. The molecule has 0 aliphatic heterocycles. The van der Waals surface area contributed by atoms with Crippen molar-refractivity contribution in [2.45, 2.75) is 19.4 Å². The summed E-state index contributed by atoms with van der Waals surface area (Å²) in [5.74, 6) is 0.453. The van der Waals surface area contributed by atoms with E-state index < -0.39 is 0 Å². The van der Waals surface area contributed by atoms with Crippen molar-refractivity contribution >= 4 is 17.5 Å². The summed E-state index contributed by atoms with van der Waals surface area (Å²) < 4.78 is 18.5. The number of nitrogens with zero attached hydrogens (tertiary/aromatic N) is 1. The van der Waals surface area contributed by atoms with Crippen LogP contribution < -0.4 is 10.1 Å². The van der Waals surface area contributed by atoms with Crippen LogP contribution in [0.2, 0.25) is 5.02 Å². The van der Waals surface area contributed by atoms with E-state index in [9.17, 15) is 9.18 Å². The number of benzene rings is 2. The Morgan fingerprint density at radius 2 is 1.85 bits per heavy atom. The molecule has 4 nitrogen and oxygen atoms in total. The molecule has 1 unspecified atom stereocenters. The summed E-state index contributed by atoms with van der Waals surface area (Å²) >= 11 is 5.84. The van der Waals surface area contributed by atoms with Crippen molar-refractivity contribution in [3.63, 3.8) is 0 Å². The number of nitrogens with one attached hydrogen (secondary N) is 1. The minimum atomic E-state index is -0.267. The second kappa shape index (κ2) is 10.1. The van der Waals surface area contributed by atoms with E-state index in [1.807, 2.05) is 31.0 Å². The van der Waals surface area contributed by atoms with Crippen LogP contribution in [0.5, 0.6) is 5.75 Å². The highest BCUT2D eigenvalue weighted by Crippen LogP contribution is 2.15. The molecule has 26 heavy (non-hydrogen) atoms. The number of hydrogen-bond donors (Lipinski definition) is 1. The fourth-order valence-corrected chi connectivity index (χ4v) is 2.49. The summed E-state index contributed by atoms with van der Waals surface area (Å²) in [5.41, 5.74) is 0.990. The maximum absolute atomic E-state index is 12.9. The van der Waals surface area contributed by atoms with Crippen LogP contribution in [0.15, 0.2) is 48.5 Å². The van der Waals surface area contributed by atoms with Crippen molar-refractivity contribution in [3.8, 4) is 5.75 Å². The lowest BCUT2D eigenvalue weighted by Gasteiger charge is -2.23. The highest BCUT2D eigenvalue weighted by Gasteiger charge is 2.17. The van der Waals surface area contributed by atoms with E-state index in [4.69, 9.17) is 16.3 Å². The van der Waals surface area contributed by atoms with Crippen LogP contribution in [0.1, 0.15) is 12.5 Å². The Labute approximate surface area is 158 Å². The zero-order chi connectivity index (χ0) is 18.9. The molecule has 1 amide bonds. The third kappa shape index (κ3) is 6.65. The van der Waals surface area contributed by atoms with Gasteiger partial charge in [0.25, 0.3) is 0 Å². The minimum Gasteiger partial charge on any atom is -0.492 e. The molecule has 6 heteroatoms. The van der Waals surface area contributed by atoms with Crippen molar-refractivity contribution in [1.82, 2.24) is 10.2 Å². The molecule has 1 N–H and O–H groups in total. The Morgan fingerprint density at radius 3 is 2.50 bits per heavy atom. The first kappa shape index (κ1) is 20.2. The van der Waals surface area contributed by atoms with Crippen molar-refractivity contribution in [3.05, 3.63) is 64.9 Å². The molecule has 0 heterocycles. The Bertz CT molecular complexity index is 692. The fraction of sp³-hybridized carbons (Fsp3) is 0.350. The number of ether oxygens (including phenoxy) is 1. The molecule has 0 spiro atoms. The zero-order valence-corrected chi connectivity index (χ0v) is 15.8. The molecule has 0 radical (unpaired) electrons. The molecule has 0 aromatic heterocycles. The van der Waals surface area contributed by atoms with Gasteiger partial charge < -0.3 is 10.1 Å². The first-order chi connectivity index (χ1) is 12.5. The Balaban J connectivity index is 1.67. The SMILES string of the molecule is CC(C(=O)NCCc1ccc(F)cc1)N(C)CCOc1ccc(Cl)cc1. The summed E-state index contributed by atoms with van der Waals surface area (Å²) in [5, 5.41) is 3.58. The van der Waals surface area contributed by atoms with Crippen molar-refractivity contribution in [1.29, 1.82) is 0 Å². The Kier molecular flexibility index (Phi) is 7.88. The van der Waals surface area contributed by atoms with Gasteiger partial charge in [0, 0.05) is 18.1 Å². The molecular weight excluding hydrogens is 355 g/mol. The Hall–Kier alpha value is -2.11. The molecule has 140 valence electrons. The van der Waals surface area contributed by atoms with Gasteiger partial charge in [-0.25, -0.2) is 4.39 Å². The predicted molar refractivity (Wildman–Crippen MR) is 102 cm³/mol. The fourth-order valence-electron chi connectivity index (χ4n) is 2.36. The Morgan fingerprint density at radius 1 is 1.19 bits per heavy atom. The number of halogens is 2. The van der Waals surface area contributed by atoms with Crippen molar-refractivity contribution < 1.29 is 13.9 Å². The first-order valence-electron chi connectivity index (χ1n) is 8.56. The summed E-state index contributed by atoms with van der Waals surface area (Å²) in [6.45, 7) is 3.47. The van der Waals surface area contributed by atoms with Gasteiger partial charge in [-0.3, -0.25) is 9.69 Å². The molecular formula is C20H24ClFN2O2. The normalized spacial score (nSPS) is 12.0. The molecule has 2 aromatic carbocycles. The molecule has 0 saturated carbocycles. The average Bonchev–Trinajstić information content (AvgIpc) is 2.64. The van der Waals surface area contributed by atoms with Gasteiger partial charge in [0.15, 0.2) is 0 Å². The summed E-state index contributed by atoms with van der Waals surface area (Å²) in [7, 11) is 1.88. The van der Waals surface area contributed by atoms with E-state index >= 15 is 0 Å². The van der Waals surface area contributed by atoms with Crippen LogP contribution in [-0.2, 0) is 11.2 Å². The van der Waals surface area contributed by atoms with E-state index in [-0.39, 0.29) is 17.8 Å². The highest BCUT2D eigenvalue weighted by atomic mass is 35.5. The number of likely N-dealkylation sites (N-methyl/N-ethyl adjacent to an activating group) is 1. The molecule has 0 bridgehead atoms. The van der Waals surface area contributed by atoms with Crippen molar-refractivity contribution in [2.24, 2.45) is 0 Å². The maximum atomic E-state index is 12.9.